The Labute approximate surface area is 172 Å². The van der Waals surface area contributed by atoms with E-state index in [2.05, 4.69) is 13.8 Å². The lowest BCUT2D eigenvalue weighted by Gasteiger charge is -2.57. The summed E-state index contributed by atoms with van der Waals surface area (Å²) in [6, 6.07) is 0. The summed E-state index contributed by atoms with van der Waals surface area (Å²) in [7, 11) is 0. The topological polar surface area (TPSA) is 46.5 Å². The molecular formula is C25H42O3. The predicted molar refractivity (Wildman–Crippen MR) is 112 cm³/mol. The first-order valence-corrected chi connectivity index (χ1v) is 11.9. The Morgan fingerprint density at radius 1 is 1.18 bits per heavy atom. The molecule has 0 saturated heterocycles. The van der Waals surface area contributed by atoms with Crippen molar-refractivity contribution in [1.29, 1.82) is 0 Å². The van der Waals surface area contributed by atoms with Gasteiger partial charge < -0.3 is 9.84 Å². The highest BCUT2D eigenvalue weighted by molar-refractivity contribution is 5.79. The lowest BCUT2D eigenvalue weighted by Crippen LogP contribution is -2.52. The van der Waals surface area contributed by atoms with Crippen molar-refractivity contribution in [2.24, 2.45) is 33.5 Å². The van der Waals surface area contributed by atoms with E-state index in [0.717, 1.165) is 32.5 Å². The first-order chi connectivity index (χ1) is 13.1. The average molecular weight is 391 g/mol. The Morgan fingerprint density at radius 3 is 2.57 bits per heavy atom. The molecule has 4 fully saturated rings. The van der Waals surface area contributed by atoms with E-state index in [0.29, 0.717) is 22.5 Å². The van der Waals surface area contributed by atoms with Gasteiger partial charge in [0.25, 0.3) is 0 Å². The zero-order chi connectivity index (χ0) is 20.4. The fourth-order valence-electron chi connectivity index (χ4n) is 8.88. The monoisotopic (exact) mass is 390 g/mol. The van der Waals surface area contributed by atoms with Crippen LogP contribution in [0.3, 0.4) is 0 Å². The van der Waals surface area contributed by atoms with Gasteiger partial charge in [-0.15, -0.1) is 0 Å². The van der Waals surface area contributed by atoms with E-state index < -0.39 is 5.60 Å². The number of hydrogen-bond acceptors (Lipinski definition) is 3. The Balaban J connectivity index is 1.67. The molecule has 0 heterocycles. The molecule has 3 nitrogen and oxygen atoms in total. The highest BCUT2D eigenvalue weighted by Gasteiger charge is 2.82. The van der Waals surface area contributed by atoms with Crippen LogP contribution in [0, 0.1) is 33.5 Å². The fourth-order valence-corrected chi connectivity index (χ4v) is 8.88. The van der Waals surface area contributed by atoms with Crippen LogP contribution in [0.1, 0.15) is 98.8 Å². The number of ether oxygens (including phenoxy) is 1. The van der Waals surface area contributed by atoms with Gasteiger partial charge in [-0.25, -0.2) is 0 Å². The van der Waals surface area contributed by atoms with E-state index in [1.165, 1.54) is 44.9 Å². The van der Waals surface area contributed by atoms with Gasteiger partial charge in [-0.3, -0.25) is 4.79 Å². The largest absolute Gasteiger partial charge is 0.390 e. The maximum Gasteiger partial charge on any atom is 0.133 e. The van der Waals surface area contributed by atoms with Gasteiger partial charge in [0.1, 0.15) is 5.78 Å². The fraction of sp³-hybridized carbons (Fsp3) is 0.960. The smallest absolute Gasteiger partial charge is 0.133 e. The summed E-state index contributed by atoms with van der Waals surface area (Å²) >= 11 is 0. The van der Waals surface area contributed by atoms with Crippen molar-refractivity contribution in [3.63, 3.8) is 0 Å². The molecule has 1 N–H and O–H groups in total. The molecule has 0 aromatic rings. The molecule has 0 radical (unpaired) electrons. The minimum atomic E-state index is -0.610. The van der Waals surface area contributed by atoms with Crippen LogP contribution in [0.2, 0.25) is 0 Å². The molecule has 0 amide bonds. The van der Waals surface area contributed by atoms with Crippen molar-refractivity contribution in [3.05, 3.63) is 0 Å². The van der Waals surface area contributed by atoms with Crippen LogP contribution in [0.4, 0.5) is 0 Å². The molecule has 6 atom stereocenters. The third-order valence-electron chi connectivity index (χ3n) is 10.1. The van der Waals surface area contributed by atoms with Gasteiger partial charge in [0.2, 0.25) is 0 Å². The van der Waals surface area contributed by atoms with Crippen LogP contribution in [0.25, 0.3) is 0 Å². The highest BCUT2D eigenvalue weighted by Crippen LogP contribution is 2.89. The van der Waals surface area contributed by atoms with Crippen molar-refractivity contribution in [1.82, 2.24) is 0 Å². The molecule has 4 aliphatic carbocycles. The second-order valence-corrected chi connectivity index (χ2v) is 11.8. The number of aliphatic hydroxyl groups is 1. The molecule has 0 aliphatic heterocycles. The molecule has 0 spiro atoms. The molecule has 4 rings (SSSR count). The number of ketones is 1. The molecule has 6 unspecified atom stereocenters. The summed E-state index contributed by atoms with van der Waals surface area (Å²) in [5.74, 6) is 1.42. The van der Waals surface area contributed by atoms with Crippen LogP contribution in [-0.4, -0.2) is 29.7 Å². The summed E-state index contributed by atoms with van der Waals surface area (Å²) < 4.78 is 6.14. The maximum atomic E-state index is 12.4. The number of carbonyl (C=O) groups excluding carboxylic acids is 1. The number of Topliss-reactive ketones (excluding diaryl/α,β-unsaturated/α-hetero) is 1. The van der Waals surface area contributed by atoms with Gasteiger partial charge in [-0.1, -0.05) is 13.3 Å². The minimum Gasteiger partial charge on any atom is -0.390 e. The average Bonchev–Trinajstić information content (AvgIpc) is 3.19. The molecule has 0 aromatic carbocycles. The van der Waals surface area contributed by atoms with Crippen LogP contribution < -0.4 is 0 Å². The third-order valence-corrected chi connectivity index (χ3v) is 10.1. The highest BCUT2D eigenvalue weighted by atomic mass is 16.5. The van der Waals surface area contributed by atoms with Crippen LogP contribution in [0.15, 0.2) is 0 Å². The SMILES string of the molecule is CCOCC1(CCC(C)(C)O)CCCC23CC12CCC1(C)C(C(C)=O)CCC13. The molecule has 160 valence electrons. The van der Waals surface area contributed by atoms with Crippen molar-refractivity contribution in [3.8, 4) is 0 Å². The lowest BCUT2D eigenvalue weighted by atomic mass is 9.48. The van der Waals surface area contributed by atoms with Crippen molar-refractivity contribution >= 4 is 5.78 Å². The maximum absolute atomic E-state index is 12.4. The molecule has 0 bridgehead atoms. The molecular weight excluding hydrogens is 348 g/mol. The van der Waals surface area contributed by atoms with E-state index in [9.17, 15) is 9.90 Å². The summed E-state index contributed by atoms with van der Waals surface area (Å²) in [4.78, 5) is 12.4. The zero-order valence-electron chi connectivity index (χ0n) is 18.9. The standard InChI is InChI=1S/C25H42O3/c1-6-28-17-23(14-12-21(3,4)27)10-7-11-24-16-25(23,24)15-13-22(5)19(18(2)26)8-9-20(22)24/h19-20,27H,6-17H2,1-5H3. The Bertz CT molecular complexity index is 636. The van der Waals surface area contributed by atoms with Crippen LogP contribution in [-0.2, 0) is 9.53 Å². The number of hydrogen-bond donors (Lipinski definition) is 1. The normalized spacial score (nSPS) is 47.2. The van der Waals surface area contributed by atoms with E-state index in [1.54, 1.807) is 0 Å². The van der Waals surface area contributed by atoms with E-state index >= 15 is 0 Å². The lowest BCUT2D eigenvalue weighted by molar-refractivity contribution is -0.134. The molecule has 4 aliphatic rings. The third kappa shape index (κ3) is 2.71. The Hall–Kier alpha value is -0.410. The first-order valence-electron chi connectivity index (χ1n) is 11.9. The van der Waals surface area contributed by atoms with E-state index in [4.69, 9.17) is 4.74 Å². The Kier molecular flexibility index (Phi) is 4.87. The quantitative estimate of drug-likeness (QED) is 0.621. The van der Waals surface area contributed by atoms with E-state index in [1.807, 2.05) is 20.8 Å². The van der Waals surface area contributed by atoms with Gasteiger partial charge in [0, 0.05) is 17.9 Å². The predicted octanol–water partition coefficient (Wildman–Crippen LogP) is 5.54. The van der Waals surface area contributed by atoms with Gasteiger partial charge in [-0.2, -0.15) is 0 Å². The van der Waals surface area contributed by atoms with Crippen molar-refractivity contribution in [2.45, 2.75) is 104 Å². The zero-order valence-corrected chi connectivity index (χ0v) is 18.9. The molecule has 28 heavy (non-hydrogen) atoms. The molecule has 3 heteroatoms. The second-order valence-electron chi connectivity index (χ2n) is 11.8. The van der Waals surface area contributed by atoms with Gasteiger partial charge in [-0.05, 0) is 108 Å². The van der Waals surface area contributed by atoms with Gasteiger partial charge in [0.15, 0.2) is 0 Å². The first kappa shape index (κ1) is 20.8. The van der Waals surface area contributed by atoms with Gasteiger partial charge >= 0.3 is 0 Å². The number of rotatable bonds is 7. The van der Waals surface area contributed by atoms with Crippen molar-refractivity contribution < 1.29 is 14.6 Å². The van der Waals surface area contributed by atoms with Gasteiger partial charge in [0.05, 0.1) is 12.2 Å². The summed E-state index contributed by atoms with van der Waals surface area (Å²) in [6.07, 6.45) is 12.0. The number of fused-ring (bicyclic) bond motifs is 1. The summed E-state index contributed by atoms with van der Waals surface area (Å²) in [6.45, 7) is 11.9. The summed E-state index contributed by atoms with van der Waals surface area (Å²) in [5.41, 5.74) is 0.669. The molecule has 4 saturated carbocycles. The second kappa shape index (κ2) is 6.54. The molecule has 0 aromatic heterocycles. The minimum absolute atomic E-state index is 0.219. The van der Waals surface area contributed by atoms with Crippen LogP contribution in [0.5, 0.6) is 0 Å². The van der Waals surface area contributed by atoms with Crippen molar-refractivity contribution in [2.75, 3.05) is 13.2 Å². The number of carbonyl (C=O) groups is 1. The Morgan fingerprint density at radius 2 is 1.93 bits per heavy atom. The summed E-state index contributed by atoms with van der Waals surface area (Å²) in [5, 5.41) is 10.5. The van der Waals surface area contributed by atoms with Crippen LogP contribution >= 0.6 is 0 Å². The van der Waals surface area contributed by atoms with E-state index in [-0.39, 0.29) is 16.7 Å².